The molecule has 0 fully saturated rings. The van der Waals surface area contributed by atoms with Crippen LogP contribution in [0.25, 0.3) is 0 Å². The number of ether oxygens (including phenoxy) is 3. The topological polar surface area (TPSA) is 80.1 Å². The van der Waals surface area contributed by atoms with E-state index in [1.165, 1.54) is 0 Å². The van der Waals surface area contributed by atoms with Gasteiger partial charge >= 0.3 is 5.97 Å². The molecule has 7 nitrogen and oxygen atoms in total. The highest BCUT2D eigenvalue weighted by molar-refractivity contribution is 6.05. The summed E-state index contributed by atoms with van der Waals surface area (Å²) in [5, 5.41) is 12.6. The molecule has 27 heavy (non-hydrogen) atoms. The van der Waals surface area contributed by atoms with Crippen LogP contribution in [0.3, 0.4) is 0 Å². The zero-order chi connectivity index (χ0) is 19.4. The number of carbonyl (C=O) groups excluding carboxylic acids is 1. The van der Waals surface area contributed by atoms with Crippen molar-refractivity contribution in [2.75, 3.05) is 20.8 Å². The van der Waals surface area contributed by atoms with Crippen molar-refractivity contribution in [3.05, 3.63) is 64.9 Å². The van der Waals surface area contributed by atoms with E-state index in [4.69, 9.17) is 19.0 Å². The van der Waals surface area contributed by atoms with E-state index in [0.29, 0.717) is 27.7 Å². The average Bonchev–Trinajstić information content (AvgIpc) is 3.05. The minimum Gasteiger partial charge on any atom is -0.497 e. The zero-order valence-electron chi connectivity index (χ0n) is 15.4. The van der Waals surface area contributed by atoms with Gasteiger partial charge in [0.05, 0.1) is 20.8 Å². The fourth-order valence-corrected chi connectivity index (χ4v) is 3.10. The first-order valence-corrected chi connectivity index (χ1v) is 8.55. The van der Waals surface area contributed by atoms with Gasteiger partial charge in [0.15, 0.2) is 6.10 Å². The van der Waals surface area contributed by atoms with Gasteiger partial charge in [-0.1, -0.05) is 12.1 Å². The minimum atomic E-state index is -1.08. The van der Waals surface area contributed by atoms with Crippen LogP contribution >= 0.6 is 0 Å². The first-order valence-electron chi connectivity index (χ1n) is 8.55. The SMILES string of the molecule is CCOC(=O)C1O[N+]([O-])=C(c2ccc(OC)cc2)C1c1cccc(OC)c1. The van der Waals surface area contributed by atoms with Crippen LogP contribution in [0.15, 0.2) is 48.5 Å². The lowest BCUT2D eigenvalue weighted by Gasteiger charge is -2.18. The Morgan fingerprint density at radius 2 is 1.81 bits per heavy atom. The number of carbonyl (C=O) groups is 1. The van der Waals surface area contributed by atoms with Crippen molar-refractivity contribution in [1.82, 2.24) is 0 Å². The molecule has 142 valence electrons. The third-order valence-corrected chi connectivity index (χ3v) is 4.36. The summed E-state index contributed by atoms with van der Waals surface area (Å²) >= 11 is 0. The summed E-state index contributed by atoms with van der Waals surface area (Å²) in [6.45, 7) is 1.90. The second-order valence-corrected chi connectivity index (χ2v) is 5.90. The molecule has 0 spiro atoms. The number of benzene rings is 2. The second kappa shape index (κ2) is 7.99. The third kappa shape index (κ3) is 3.67. The number of esters is 1. The Balaban J connectivity index is 2.07. The lowest BCUT2D eigenvalue weighted by atomic mass is 9.86. The Morgan fingerprint density at radius 1 is 1.11 bits per heavy atom. The fourth-order valence-electron chi connectivity index (χ4n) is 3.10. The molecule has 0 saturated heterocycles. The van der Waals surface area contributed by atoms with E-state index in [1.807, 2.05) is 6.07 Å². The molecule has 0 aliphatic carbocycles. The van der Waals surface area contributed by atoms with Gasteiger partial charge in [-0.05, 0) is 48.9 Å². The van der Waals surface area contributed by atoms with Crippen molar-refractivity contribution < 1.29 is 28.7 Å². The molecule has 1 heterocycles. The molecule has 2 aromatic rings. The maximum absolute atomic E-state index is 12.6. The molecular weight excluding hydrogens is 350 g/mol. The number of hydrogen-bond acceptors (Lipinski definition) is 6. The smallest absolute Gasteiger partial charge is 0.326 e. The van der Waals surface area contributed by atoms with Crippen LogP contribution in [0.2, 0.25) is 0 Å². The summed E-state index contributed by atoms with van der Waals surface area (Å²) in [4.78, 5) is 18.2. The third-order valence-electron chi connectivity index (χ3n) is 4.36. The summed E-state index contributed by atoms with van der Waals surface area (Å²) in [5.41, 5.74) is 1.67. The van der Waals surface area contributed by atoms with Gasteiger partial charge in [0.2, 0.25) is 0 Å². The van der Waals surface area contributed by atoms with Crippen molar-refractivity contribution in [2.24, 2.45) is 0 Å². The van der Waals surface area contributed by atoms with Crippen molar-refractivity contribution in [1.29, 1.82) is 0 Å². The maximum atomic E-state index is 12.6. The molecular formula is C20H21NO6. The van der Waals surface area contributed by atoms with E-state index in [2.05, 4.69) is 0 Å². The summed E-state index contributed by atoms with van der Waals surface area (Å²) in [6, 6.07) is 14.2. The van der Waals surface area contributed by atoms with Crippen LogP contribution < -0.4 is 9.47 Å². The van der Waals surface area contributed by atoms with E-state index < -0.39 is 18.0 Å². The minimum absolute atomic E-state index is 0.195. The molecule has 1 aliphatic heterocycles. The van der Waals surface area contributed by atoms with Gasteiger partial charge in [-0.15, -0.1) is 0 Å². The molecule has 0 radical (unpaired) electrons. The molecule has 0 saturated carbocycles. The first kappa shape index (κ1) is 18.6. The summed E-state index contributed by atoms with van der Waals surface area (Å²) in [7, 11) is 3.12. The van der Waals surface area contributed by atoms with Gasteiger partial charge in [-0.2, -0.15) is 0 Å². The standard InChI is InChI=1S/C20H21NO6/c1-4-26-20(22)19-17(14-6-5-7-16(12-14)25-3)18(21(23)27-19)13-8-10-15(24-2)11-9-13/h5-12,17,19H,4H2,1-3H3. The lowest BCUT2D eigenvalue weighted by molar-refractivity contribution is -0.737. The summed E-state index contributed by atoms with van der Waals surface area (Å²) in [6.07, 6.45) is -1.08. The Kier molecular flexibility index (Phi) is 5.49. The molecule has 1 aliphatic rings. The molecule has 3 rings (SSSR count). The number of hydrogen-bond donors (Lipinski definition) is 0. The highest BCUT2D eigenvalue weighted by Crippen LogP contribution is 2.34. The number of rotatable bonds is 6. The molecule has 0 aromatic heterocycles. The fraction of sp³-hybridized carbons (Fsp3) is 0.300. The van der Waals surface area contributed by atoms with Crippen molar-refractivity contribution in [3.63, 3.8) is 0 Å². The van der Waals surface area contributed by atoms with Crippen LogP contribution in [0, 0.1) is 5.21 Å². The van der Waals surface area contributed by atoms with Gasteiger partial charge in [0, 0.05) is 10.5 Å². The molecule has 0 amide bonds. The van der Waals surface area contributed by atoms with Crippen molar-refractivity contribution in [2.45, 2.75) is 18.9 Å². The molecule has 7 heteroatoms. The molecule has 2 aromatic carbocycles. The molecule has 2 unspecified atom stereocenters. The normalized spacial score (nSPS) is 18.8. The molecule has 0 N–H and O–H groups in total. The lowest BCUT2D eigenvalue weighted by Crippen LogP contribution is -2.31. The predicted molar refractivity (Wildman–Crippen MR) is 98.0 cm³/mol. The average molecular weight is 371 g/mol. The van der Waals surface area contributed by atoms with Crippen LogP contribution in [0.1, 0.15) is 24.0 Å². The van der Waals surface area contributed by atoms with E-state index in [9.17, 15) is 10.0 Å². The van der Waals surface area contributed by atoms with E-state index >= 15 is 0 Å². The van der Waals surface area contributed by atoms with Crippen LogP contribution in [0.4, 0.5) is 0 Å². The van der Waals surface area contributed by atoms with E-state index in [-0.39, 0.29) is 6.61 Å². The highest BCUT2D eigenvalue weighted by Gasteiger charge is 2.46. The van der Waals surface area contributed by atoms with Crippen molar-refractivity contribution >= 4 is 11.7 Å². The predicted octanol–water partition coefficient (Wildman–Crippen LogP) is 2.66. The van der Waals surface area contributed by atoms with E-state index in [0.717, 1.165) is 5.56 Å². The summed E-state index contributed by atoms with van der Waals surface area (Å²) < 4.78 is 15.6. The van der Waals surface area contributed by atoms with Gasteiger partial charge in [-0.25, -0.2) is 0 Å². The molecule has 2 atom stereocenters. The Labute approximate surface area is 157 Å². The van der Waals surface area contributed by atoms with Crippen molar-refractivity contribution in [3.8, 4) is 11.5 Å². The van der Waals surface area contributed by atoms with Gasteiger partial charge in [0.25, 0.3) is 5.71 Å². The van der Waals surface area contributed by atoms with Crippen LogP contribution in [-0.4, -0.2) is 43.5 Å². The monoisotopic (exact) mass is 371 g/mol. The van der Waals surface area contributed by atoms with Crippen LogP contribution in [-0.2, 0) is 14.4 Å². The second-order valence-electron chi connectivity index (χ2n) is 5.90. The Hall–Kier alpha value is -3.22. The van der Waals surface area contributed by atoms with Crippen LogP contribution in [0.5, 0.6) is 11.5 Å². The van der Waals surface area contributed by atoms with Gasteiger partial charge in [-0.3, -0.25) is 10.0 Å². The maximum Gasteiger partial charge on any atom is 0.326 e. The highest BCUT2D eigenvalue weighted by atomic mass is 16.9. The Morgan fingerprint density at radius 3 is 2.44 bits per heavy atom. The largest absolute Gasteiger partial charge is 0.497 e. The van der Waals surface area contributed by atoms with Gasteiger partial charge in [0.1, 0.15) is 17.4 Å². The van der Waals surface area contributed by atoms with E-state index in [1.54, 1.807) is 63.6 Å². The Bertz CT molecular complexity index is 846. The first-order chi connectivity index (χ1) is 13.1. The zero-order valence-corrected chi connectivity index (χ0v) is 15.4. The number of nitrogens with zero attached hydrogens (tertiary/aromatic N) is 1. The summed E-state index contributed by atoms with van der Waals surface area (Å²) in [5.74, 6) is 0.0591. The quantitative estimate of drug-likeness (QED) is 0.574. The van der Waals surface area contributed by atoms with Gasteiger partial charge < -0.3 is 19.0 Å². The molecule has 0 bridgehead atoms. The number of methoxy groups -OCH3 is 2.